The first-order valence-electron chi connectivity index (χ1n) is 6.22. The maximum absolute atomic E-state index is 11.2. The lowest BCUT2D eigenvalue weighted by Crippen LogP contribution is -2.09. The Hall–Kier alpha value is -1.35. The molecule has 1 aliphatic heterocycles. The third kappa shape index (κ3) is 2.50. The Bertz CT molecular complexity index is 428. The van der Waals surface area contributed by atoms with Crippen molar-refractivity contribution in [2.75, 3.05) is 5.32 Å². The van der Waals surface area contributed by atoms with E-state index in [9.17, 15) is 9.90 Å². The lowest BCUT2D eigenvalue weighted by Gasteiger charge is -2.19. The van der Waals surface area contributed by atoms with Crippen molar-refractivity contribution in [1.82, 2.24) is 0 Å². The van der Waals surface area contributed by atoms with Gasteiger partial charge < -0.3 is 10.4 Å². The van der Waals surface area contributed by atoms with Gasteiger partial charge in [0, 0.05) is 5.69 Å². The van der Waals surface area contributed by atoms with E-state index < -0.39 is 6.10 Å². The number of rotatable bonds is 4. The Morgan fingerprint density at radius 3 is 2.94 bits per heavy atom. The predicted octanol–water partition coefficient (Wildman–Crippen LogP) is 2.65. The van der Waals surface area contributed by atoms with Gasteiger partial charge in [0.25, 0.3) is 0 Å². The molecule has 3 nitrogen and oxygen atoms in total. The second kappa shape index (κ2) is 4.88. The summed E-state index contributed by atoms with van der Waals surface area (Å²) in [4.78, 5) is 11.2. The molecule has 0 aliphatic carbocycles. The number of hydrogen-bond acceptors (Lipinski definition) is 2. The first-order valence-corrected chi connectivity index (χ1v) is 6.22. The molecule has 1 aromatic carbocycles. The monoisotopic (exact) mass is 233 g/mol. The maximum atomic E-state index is 11.2. The third-order valence-corrected chi connectivity index (χ3v) is 3.38. The number of carbonyl (C=O) groups excluding carboxylic acids is 1. The summed E-state index contributed by atoms with van der Waals surface area (Å²) in [5.74, 6) is 0.288. The standard InChI is InChI=1S/C14H19NO2/c1-3-4-9(2)14(17)10-5-6-12-11(7-10)8-13(16)15-12/h5-7,9,14,17H,3-4,8H2,1-2H3,(H,15,16). The van der Waals surface area contributed by atoms with Gasteiger partial charge in [0.2, 0.25) is 5.91 Å². The summed E-state index contributed by atoms with van der Waals surface area (Å²) in [6, 6.07) is 5.74. The van der Waals surface area contributed by atoms with Crippen molar-refractivity contribution < 1.29 is 9.90 Å². The Morgan fingerprint density at radius 1 is 1.47 bits per heavy atom. The molecule has 2 rings (SSSR count). The van der Waals surface area contributed by atoms with Gasteiger partial charge in [-0.2, -0.15) is 0 Å². The van der Waals surface area contributed by atoms with Crippen LogP contribution in [0.1, 0.15) is 43.9 Å². The minimum atomic E-state index is -0.434. The normalized spacial score (nSPS) is 17.5. The van der Waals surface area contributed by atoms with Crippen LogP contribution in [-0.2, 0) is 11.2 Å². The molecule has 92 valence electrons. The molecule has 2 N–H and O–H groups in total. The van der Waals surface area contributed by atoms with E-state index in [0.29, 0.717) is 6.42 Å². The number of nitrogens with one attached hydrogen (secondary N) is 1. The summed E-state index contributed by atoms with van der Waals surface area (Å²) >= 11 is 0. The number of benzene rings is 1. The SMILES string of the molecule is CCCC(C)C(O)c1ccc2c(c1)CC(=O)N2. The van der Waals surface area contributed by atoms with Crippen LogP contribution in [0.25, 0.3) is 0 Å². The molecule has 0 bridgehead atoms. The fraction of sp³-hybridized carbons (Fsp3) is 0.500. The average molecular weight is 233 g/mol. The molecule has 1 aromatic rings. The largest absolute Gasteiger partial charge is 0.388 e. The van der Waals surface area contributed by atoms with Crippen LogP contribution in [0, 0.1) is 5.92 Å². The van der Waals surface area contributed by atoms with Crippen LogP contribution >= 0.6 is 0 Å². The van der Waals surface area contributed by atoms with E-state index in [-0.39, 0.29) is 11.8 Å². The van der Waals surface area contributed by atoms with E-state index in [2.05, 4.69) is 19.2 Å². The molecule has 0 radical (unpaired) electrons. The summed E-state index contributed by atoms with van der Waals surface area (Å²) in [7, 11) is 0. The van der Waals surface area contributed by atoms with E-state index in [1.165, 1.54) is 0 Å². The van der Waals surface area contributed by atoms with Gasteiger partial charge in [0.15, 0.2) is 0 Å². The molecule has 1 aliphatic rings. The fourth-order valence-electron chi connectivity index (χ4n) is 2.37. The number of aliphatic hydroxyl groups is 1. The van der Waals surface area contributed by atoms with Crippen molar-refractivity contribution in [2.45, 2.75) is 39.2 Å². The topological polar surface area (TPSA) is 49.3 Å². The highest BCUT2D eigenvalue weighted by molar-refractivity contribution is 5.99. The van der Waals surface area contributed by atoms with Crippen molar-refractivity contribution in [3.63, 3.8) is 0 Å². The fourth-order valence-corrected chi connectivity index (χ4v) is 2.37. The number of anilines is 1. The predicted molar refractivity (Wildman–Crippen MR) is 67.8 cm³/mol. The Balaban J connectivity index is 2.18. The minimum absolute atomic E-state index is 0.0354. The van der Waals surface area contributed by atoms with Crippen LogP contribution in [0.3, 0.4) is 0 Å². The number of carbonyl (C=O) groups is 1. The van der Waals surface area contributed by atoms with Crippen LogP contribution < -0.4 is 5.32 Å². The first kappa shape index (κ1) is 12.1. The van der Waals surface area contributed by atoms with Crippen molar-refractivity contribution >= 4 is 11.6 Å². The van der Waals surface area contributed by atoms with Crippen LogP contribution in [-0.4, -0.2) is 11.0 Å². The van der Waals surface area contributed by atoms with Gasteiger partial charge >= 0.3 is 0 Å². The van der Waals surface area contributed by atoms with Gasteiger partial charge in [0.1, 0.15) is 0 Å². The molecule has 2 unspecified atom stereocenters. The highest BCUT2D eigenvalue weighted by atomic mass is 16.3. The van der Waals surface area contributed by atoms with Crippen molar-refractivity contribution in [1.29, 1.82) is 0 Å². The summed E-state index contributed by atoms with van der Waals surface area (Å²) in [5, 5.41) is 13.0. The number of amides is 1. The van der Waals surface area contributed by atoms with Crippen molar-refractivity contribution in [3.05, 3.63) is 29.3 Å². The van der Waals surface area contributed by atoms with Crippen LogP contribution in [0.2, 0.25) is 0 Å². The zero-order chi connectivity index (χ0) is 12.4. The minimum Gasteiger partial charge on any atom is -0.388 e. The van der Waals surface area contributed by atoms with Crippen LogP contribution in [0.4, 0.5) is 5.69 Å². The lowest BCUT2D eigenvalue weighted by molar-refractivity contribution is -0.115. The molecule has 1 heterocycles. The summed E-state index contributed by atoms with van der Waals surface area (Å²) in [6.07, 6.45) is 2.08. The molecule has 1 amide bonds. The zero-order valence-electron chi connectivity index (χ0n) is 10.4. The molecular weight excluding hydrogens is 214 g/mol. The summed E-state index contributed by atoms with van der Waals surface area (Å²) in [6.45, 7) is 4.18. The van der Waals surface area contributed by atoms with E-state index in [1.54, 1.807) is 0 Å². The number of hydrogen-bond donors (Lipinski definition) is 2. The molecule has 0 saturated carbocycles. The van der Waals surface area contributed by atoms with Gasteiger partial charge in [-0.1, -0.05) is 32.4 Å². The average Bonchev–Trinajstić information content (AvgIpc) is 2.67. The van der Waals surface area contributed by atoms with Crippen LogP contribution in [0.5, 0.6) is 0 Å². The lowest BCUT2D eigenvalue weighted by atomic mass is 9.92. The highest BCUT2D eigenvalue weighted by Gasteiger charge is 2.21. The van der Waals surface area contributed by atoms with Gasteiger partial charge in [-0.05, 0) is 29.5 Å². The molecule has 2 atom stereocenters. The molecule has 0 spiro atoms. The smallest absolute Gasteiger partial charge is 0.228 e. The van der Waals surface area contributed by atoms with E-state index in [0.717, 1.165) is 29.7 Å². The second-order valence-electron chi connectivity index (χ2n) is 4.85. The van der Waals surface area contributed by atoms with E-state index in [1.807, 2.05) is 18.2 Å². The summed E-state index contributed by atoms with van der Waals surface area (Å²) in [5.41, 5.74) is 2.80. The Morgan fingerprint density at radius 2 is 2.24 bits per heavy atom. The Labute approximate surface area is 102 Å². The Kier molecular flexibility index (Phi) is 3.48. The molecule has 3 heteroatoms. The number of aliphatic hydroxyl groups excluding tert-OH is 1. The highest BCUT2D eigenvalue weighted by Crippen LogP contribution is 2.30. The quantitative estimate of drug-likeness (QED) is 0.840. The molecule has 0 fully saturated rings. The molecule has 0 saturated heterocycles. The van der Waals surface area contributed by atoms with Gasteiger partial charge in [-0.3, -0.25) is 4.79 Å². The van der Waals surface area contributed by atoms with Gasteiger partial charge in [0.05, 0.1) is 12.5 Å². The van der Waals surface area contributed by atoms with Crippen LogP contribution in [0.15, 0.2) is 18.2 Å². The number of fused-ring (bicyclic) bond motifs is 1. The molecule has 0 aromatic heterocycles. The summed E-state index contributed by atoms with van der Waals surface area (Å²) < 4.78 is 0. The second-order valence-corrected chi connectivity index (χ2v) is 4.85. The van der Waals surface area contributed by atoms with E-state index >= 15 is 0 Å². The van der Waals surface area contributed by atoms with Crippen molar-refractivity contribution in [2.24, 2.45) is 5.92 Å². The molecular formula is C14H19NO2. The maximum Gasteiger partial charge on any atom is 0.228 e. The zero-order valence-corrected chi connectivity index (χ0v) is 10.4. The molecule has 17 heavy (non-hydrogen) atoms. The van der Waals surface area contributed by atoms with Crippen molar-refractivity contribution in [3.8, 4) is 0 Å². The third-order valence-electron chi connectivity index (χ3n) is 3.38. The van der Waals surface area contributed by atoms with E-state index in [4.69, 9.17) is 0 Å². The first-order chi connectivity index (χ1) is 8.11. The van der Waals surface area contributed by atoms with Gasteiger partial charge in [-0.15, -0.1) is 0 Å². The van der Waals surface area contributed by atoms with Gasteiger partial charge in [-0.25, -0.2) is 0 Å².